The molecule has 0 unspecified atom stereocenters. The molecule has 0 aliphatic heterocycles. The van der Waals surface area contributed by atoms with Crippen LogP contribution in [0.5, 0.6) is 0 Å². The Morgan fingerprint density at radius 1 is 0.692 bits per heavy atom. The van der Waals surface area contributed by atoms with Crippen LogP contribution in [-0.4, -0.2) is 9.97 Å². The SMILES string of the molecule is CC.CC.CCC.c1cnccn1. The molecule has 0 saturated heterocycles. The first kappa shape index (κ1) is 18.0. The highest BCUT2D eigenvalue weighted by Gasteiger charge is 1.59. The highest BCUT2D eigenvalue weighted by Crippen LogP contribution is 1.65. The van der Waals surface area contributed by atoms with Crippen LogP contribution in [0.3, 0.4) is 0 Å². The van der Waals surface area contributed by atoms with Crippen LogP contribution in [0.4, 0.5) is 0 Å². The summed E-state index contributed by atoms with van der Waals surface area (Å²) in [6.07, 6.45) is 7.81. The van der Waals surface area contributed by atoms with Crippen LogP contribution >= 0.6 is 0 Å². The first-order valence-electron chi connectivity index (χ1n) is 5.11. The number of aromatic nitrogens is 2. The minimum absolute atomic E-state index is 1.25. The second kappa shape index (κ2) is 30.5. The van der Waals surface area contributed by atoms with Crippen LogP contribution in [0.1, 0.15) is 48.0 Å². The van der Waals surface area contributed by atoms with Crippen molar-refractivity contribution in [1.82, 2.24) is 9.97 Å². The Bertz CT molecular complexity index is 90.9. The quantitative estimate of drug-likeness (QED) is 0.610. The normalized spacial score (nSPS) is 6.00. The first-order chi connectivity index (χ1) is 6.41. The third-order valence-electron chi connectivity index (χ3n) is 0.478. The summed E-state index contributed by atoms with van der Waals surface area (Å²) in [6, 6.07) is 0. The van der Waals surface area contributed by atoms with Gasteiger partial charge in [-0.1, -0.05) is 48.0 Å². The Morgan fingerprint density at radius 2 is 0.846 bits per heavy atom. The average molecular weight is 184 g/mol. The molecule has 0 aliphatic rings. The topological polar surface area (TPSA) is 25.8 Å². The van der Waals surface area contributed by atoms with E-state index in [1.54, 1.807) is 24.8 Å². The molecule has 78 valence electrons. The van der Waals surface area contributed by atoms with Crippen LogP contribution in [0, 0.1) is 0 Å². The molecule has 1 aromatic heterocycles. The van der Waals surface area contributed by atoms with Crippen molar-refractivity contribution in [2.24, 2.45) is 0 Å². The molecule has 0 spiro atoms. The lowest BCUT2D eigenvalue weighted by Gasteiger charge is -1.70. The first-order valence-corrected chi connectivity index (χ1v) is 5.11. The fraction of sp³-hybridized carbons (Fsp3) is 0.636. The maximum Gasteiger partial charge on any atom is 0.0451 e. The zero-order valence-corrected chi connectivity index (χ0v) is 9.91. The second-order valence-corrected chi connectivity index (χ2v) is 1.60. The summed E-state index contributed by atoms with van der Waals surface area (Å²) in [7, 11) is 0. The van der Waals surface area contributed by atoms with Crippen LogP contribution in [-0.2, 0) is 0 Å². The predicted octanol–water partition coefficient (Wildman–Crippen LogP) is 3.95. The molecule has 0 aromatic carbocycles. The zero-order chi connectivity index (χ0) is 10.9. The third-order valence-corrected chi connectivity index (χ3v) is 0.478. The monoisotopic (exact) mass is 184 g/mol. The van der Waals surface area contributed by atoms with Crippen molar-refractivity contribution in [3.05, 3.63) is 24.8 Å². The fourth-order valence-corrected chi connectivity index (χ4v) is 0.253. The Labute approximate surface area is 83.4 Å². The summed E-state index contributed by atoms with van der Waals surface area (Å²) in [5.41, 5.74) is 0. The maximum absolute atomic E-state index is 3.72. The van der Waals surface area contributed by atoms with Crippen molar-refractivity contribution in [3.63, 3.8) is 0 Å². The van der Waals surface area contributed by atoms with E-state index in [1.807, 2.05) is 27.7 Å². The Hall–Kier alpha value is -0.920. The molecule has 1 heterocycles. The number of nitrogens with zero attached hydrogens (tertiary/aromatic N) is 2. The molecule has 0 N–H and O–H groups in total. The minimum atomic E-state index is 1.25. The van der Waals surface area contributed by atoms with Crippen molar-refractivity contribution in [3.8, 4) is 0 Å². The summed E-state index contributed by atoms with van der Waals surface area (Å²) in [5, 5.41) is 0. The van der Waals surface area contributed by atoms with Crippen molar-refractivity contribution in [2.75, 3.05) is 0 Å². The molecule has 0 saturated carbocycles. The Kier molecular flexibility index (Phi) is 42.1. The van der Waals surface area contributed by atoms with Gasteiger partial charge in [-0.05, 0) is 0 Å². The number of rotatable bonds is 0. The molecule has 0 atom stereocenters. The predicted molar refractivity (Wildman–Crippen MR) is 60.7 cm³/mol. The molecule has 2 heteroatoms. The van der Waals surface area contributed by atoms with Gasteiger partial charge in [0.15, 0.2) is 0 Å². The van der Waals surface area contributed by atoms with Crippen LogP contribution in [0.2, 0.25) is 0 Å². The smallest absolute Gasteiger partial charge is 0.0451 e. The van der Waals surface area contributed by atoms with Crippen LogP contribution in [0.15, 0.2) is 24.8 Å². The van der Waals surface area contributed by atoms with Gasteiger partial charge in [0.05, 0.1) is 0 Å². The van der Waals surface area contributed by atoms with Gasteiger partial charge in [-0.25, -0.2) is 0 Å². The van der Waals surface area contributed by atoms with Gasteiger partial charge in [0.1, 0.15) is 0 Å². The Balaban J connectivity index is -0.000000124. The molecule has 1 rings (SSSR count). The van der Waals surface area contributed by atoms with E-state index >= 15 is 0 Å². The number of hydrogen-bond donors (Lipinski definition) is 0. The third kappa shape index (κ3) is 35.4. The van der Waals surface area contributed by atoms with Crippen molar-refractivity contribution in [1.29, 1.82) is 0 Å². The van der Waals surface area contributed by atoms with Gasteiger partial charge >= 0.3 is 0 Å². The summed E-state index contributed by atoms with van der Waals surface area (Å²) in [6.45, 7) is 12.2. The highest BCUT2D eigenvalue weighted by molar-refractivity contribution is 4.70. The molecular weight excluding hydrogens is 160 g/mol. The Morgan fingerprint density at radius 3 is 0.923 bits per heavy atom. The van der Waals surface area contributed by atoms with Crippen molar-refractivity contribution in [2.45, 2.75) is 48.0 Å². The van der Waals surface area contributed by atoms with Gasteiger partial charge in [0, 0.05) is 24.8 Å². The molecule has 0 fully saturated rings. The molecular formula is C11H24N2. The van der Waals surface area contributed by atoms with Gasteiger partial charge in [-0.2, -0.15) is 0 Å². The summed E-state index contributed by atoms with van der Waals surface area (Å²) in [5.74, 6) is 0. The molecule has 0 bridgehead atoms. The van der Waals surface area contributed by atoms with Gasteiger partial charge in [0.2, 0.25) is 0 Å². The van der Waals surface area contributed by atoms with E-state index in [1.165, 1.54) is 6.42 Å². The van der Waals surface area contributed by atoms with E-state index in [-0.39, 0.29) is 0 Å². The molecule has 0 amide bonds. The summed E-state index contributed by atoms with van der Waals surface area (Å²) >= 11 is 0. The molecule has 2 nitrogen and oxygen atoms in total. The van der Waals surface area contributed by atoms with Gasteiger partial charge in [-0.3, -0.25) is 9.97 Å². The maximum atomic E-state index is 3.72. The lowest BCUT2D eigenvalue weighted by molar-refractivity contribution is 1.09. The largest absolute Gasteiger partial charge is 0.262 e. The fourth-order valence-electron chi connectivity index (χ4n) is 0.253. The van der Waals surface area contributed by atoms with E-state index in [0.29, 0.717) is 0 Å². The van der Waals surface area contributed by atoms with Gasteiger partial charge in [-0.15, -0.1) is 0 Å². The van der Waals surface area contributed by atoms with Gasteiger partial charge in [0.25, 0.3) is 0 Å². The molecule has 13 heavy (non-hydrogen) atoms. The minimum Gasteiger partial charge on any atom is -0.262 e. The molecule has 0 aliphatic carbocycles. The molecule has 1 aromatic rings. The van der Waals surface area contributed by atoms with E-state index in [9.17, 15) is 0 Å². The van der Waals surface area contributed by atoms with Crippen LogP contribution in [0.25, 0.3) is 0 Å². The highest BCUT2D eigenvalue weighted by atomic mass is 14.7. The summed E-state index contributed by atoms with van der Waals surface area (Å²) < 4.78 is 0. The van der Waals surface area contributed by atoms with Crippen LogP contribution < -0.4 is 0 Å². The second-order valence-electron chi connectivity index (χ2n) is 1.60. The van der Waals surface area contributed by atoms with E-state index in [2.05, 4.69) is 23.8 Å². The lowest BCUT2D eigenvalue weighted by atomic mass is 10.6. The van der Waals surface area contributed by atoms with Gasteiger partial charge < -0.3 is 0 Å². The van der Waals surface area contributed by atoms with E-state index in [4.69, 9.17) is 0 Å². The molecule has 0 radical (unpaired) electrons. The average Bonchev–Trinajstić information content (AvgIpc) is 2.27. The van der Waals surface area contributed by atoms with Crippen molar-refractivity contribution >= 4 is 0 Å². The lowest BCUT2D eigenvalue weighted by Crippen LogP contribution is -1.66. The van der Waals surface area contributed by atoms with E-state index < -0.39 is 0 Å². The number of hydrogen-bond acceptors (Lipinski definition) is 2. The summed E-state index contributed by atoms with van der Waals surface area (Å²) in [4.78, 5) is 7.44. The van der Waals surface area contributed by atoms with Crippen molar-refractivity contribution < 1.29 is 0 Å². The van der Waals surface area contributed by atoms with E-state index in [0.717, 1.165) is 0 Å². The standard InChI is InChI=1S/C4H4N2.C3H8.2C2H6/c1-2-6-4-3-5-1;1-3-2;2*1-2/h1-4H;3H2,1-2H3;2*1-2H3. The zero-order valence-electron chi connectivity index (χ0n) is 9.91.